The van der Waals surface area contributed by atoms with Gasteiger partial charge in [-0.05, 0) is 55.5 Å². The van der Waals surface area contributed by atoms with Gasteiger partial charge in [-0.3, -0.25) is 4.79 Å². The molecule has 0 aliphatic heterocycles. The minimum atomic E-state index is -3.88. The predicted octanol–water partition coefficient (Wildman–Crippen LogP) is 3.06. The number of hydrogen-bond donors (Lipinski definition) is 2. The van der Waals surface area contributed by atoms with Gasteiger partial charge in [-0.2, -0.15) is 4.72 Å². The summed E-state index contributed by atoms with van der Waals surface area (Å²) in [6.07, 6.45) is 0.264. The first kappa shape index (κ1) is 22.9. The zero-order valence-corrected chi connectivity index (χ0v) is 18.3. The maximum Gasteiger partial charge on any atom is 0.241 e. The van der Waals surface area contributed by atoms with Crippen molar-refractivity contribution in [2.45, 2.75) is 45.1 Å². The molecule has 2 N–H and O–H groups in total. The Hall–Kier alpha value is -2.38. The van der Waals surface area contributed by atoms with E-state index in [1.54, 1.807) is 19.1 Å². The van der Waals surface area contributed by atoms with Crippen LogP contribution < -0.4 is 14.8 Å². The Bertz CT molecular complexity index is 912. The van der Waals surface area contributed by atoms with Crippen LogP contribution in [0.25, 0.3) is 0 Å². The molecule has 7 heteroatoms. The summed E-state index contributed by atoms with van der Waals surface area (Å²) in [4.78, 5) is 12.8. The first-order chi connectivity index (χ1) is 13.7. The lowest BCUT2D eigenvalue weighted by molar-refractivity contribution is -0.122. The van der Waals surface area contributed by atoms with Crippen molar-refractivity contribution in [3.05, 3.63) is 59.7 Å². The van der Waals surface area contributed by atoms with Crippen molar-refractivity contribution in [1.29, 1.82) is 0 Å². The van der Waals surface area contributed by atoms with Gasteiger partial charge in [0.15, 0.2) is 0 Å². The van der Waals surface area contributed by atoms with Crippen molar-refractivity contribution in [2.75, 3.05) is 13.2 Å². The van der Waals surface area contributed by atoms with E-state index < -0.39 is 16.1 Å². The van der Waals surface area contributed by atoms with E-state index in [9.17, 15) is 13.2 Å². The summed E-state index contributed by atoms with van der Waals surface area (Å²) in [6.45, 7) is 8.61. The fraction of sp³-hybridized carbons (Fsp3) is 0.409. The van der Waals surface area contributed by atoms with Gasteiger partial charge in [0.25, 0.3) is 0 Å². The molecular formula is C22H30N2O4S. The lowest BCUT2D eigenvalue weighted by Gasteiger charge is -2.20. The Labute approximate surface area is 173 Å². The van der Waals surface area contributed by atoms with Crippen molar-refractivity contribution in [3.8, 4) is 5.75 Å². The van der Waals surface area contributed by atoms with Crippen LogP contribution in [0.5, 0.6) is 5.75 Å². The largest absolute Gasteiger partial charge is 0.494 e. The van der Waals surface area contributed by atoms with E-state index in [1.165, 1.54) is 6.07 Å². The van der Waals surface area contributed by atoms with Crippen LogP contribution in [-0.2, 0) is 21.2 Å². The number of benzene rings is 2. The van der Waals surface area contributed by atoms with Gasteiger partial charge in [0.2, 0.25) is 15.9 Å². The molecular weight excluding hydrogens is 388 g/mol. The first-order valence-electron chi connectivity index (χ1n) is 9.80. The monoisotopic (exact) mass is 418 g/mol. The minimum Gasteiger partial charge on any atom is -0.494 e. The molecule has 0 heterocycles. The fourth-order valence-electron chi connectivity index (χ4n) is 2.83. The molecule has 0 aliphatic carbocycles. The van der Waals surface area contributed by atoms with E-state index in [0.29, 0.717) is 18.9 Å². The number of aryl methyl sites for hydroxylation is 1. The second kappa shape index (κ2) is 10.4. The molecule has 6 nitrogen and oxygen atoms in total. The molecule has 158 valence electrons. The Kier molecular flexibility index (Phi) is 8.22. The van der Waals surface area contributed by atoms with Gasteiger partial charge >= 0.3 is 0 Å². The van der Waals surface area contributed by atoms with Gasteiger partial charge in [0.05, 0.1) is 11.5 Å². The number of ether oxygens (including phenoxy) is 1. The number of amides is 1. The molecule has 1 amide bonds. The molecule has 0 radical (unpaired) electrons. The summed E-state index contributed by atoms with van der Waals surface area (Å²) in [5.41, 5.74) is 1.60. The van der Waals surface area contributed by atoms with Crippen LogP contribution in [0.3, 0.4) is 0 Å². The van der Waals surface area contributed by atoms with E-state index in [4.69, 9.17) is 4.74 Å². The number of hydrogen-bond acceptors (Lipinski definition) is 4. The molecule has 0 aliphatic rings. The Morgan fingerprint density at radius 2 is 1.79 bits per heavy atom. The summed E-state index contributed by atoms with van der Waals surface area (Å²) in [5.74, 6) is 0.567. The van der Waals surface area contributed by atoms with Crippen LogP contribution in [0.2, 0.25) is 0 Å². The van der Waals surface area contributed by atoms with Crippen molar-refractivity contribution in [3.63, 3.8) is 0 Å². The average molecular weight is 419 g/mol. The quantitative estimate of drug-likeness (QED) is 0.621. The number of carbonyl (C=O) groups excluding carboxylic acids is 1. The smallest absolute Gasteiger partial charge is 0.241 e. The van der Waals surface area contributed by atoms with Crippen molar-refractivity contribution >= 4 is 15.9 Å². The molecule has 0 spiro atoms. The summed E-state index contributed by atoms with van der Waals surface area (Å²) in [7, 11) is -3.88. The highest BCUT2D eigenvalue weighted by Crippen LogP contribution is 2.22. The van der Waals surface area contributed by atoms with E-state index in [-0.39, 0.29) is 23.1 Å². The van der Waals surface area contributed by atoms with E-state index >= 15 is 0 Å². The molecule has 0 fully saturated rings. The lowest BCUT2D eigenvalue weighted by atomic mass is 10.1. The van der Waals surface area contributed by atoms with Crippen LogP contribution >= 0.6 is 0 Å². The highest BCUT2D eigenvalue weighted by molar-refractivity contribution is 7.89. The van der Waals surface area contributed by atoms with E-state index in [2.05, 4.69) is 10.0 Å². The zero-order valence-electron chi connectivity index (χ0n) is 17.4. The maximum atomic E-state index is 13.0. The van der Waals surface area contributed by atoms with Crippen LogP contribution in [0, 0.1) is 12.8 Å². The van der Waals surface area contributed by atoms with Gasteiger partial charge < -0.3 is 10.1 Å². The standard InChI is InChI=1S/C22H30N2O4S/c1-5-28-21-12-11-19(13-17(21)4)29(26,27)24-20(22(25)23-15-16(2)3)14-18-9-7-6-8-10-18/h6-13,16,20,24H,5,14-15H2,1-4H3,(H,23,25)/t20-/m1/s1. The topological polar surface area (TPSA) is 84.5 Å². The van der Waals surface area contributed by atoms with Crippen LogP contribution in [0.1, 0.15) is 31.9 Å². The number of nitrogens with one attached hydrogen (secondary N) is 2. The third kappa shape index (κ3) is 6.87. The normalized spacial score (nSPS) is 12.6. The molecule has 0 saturated heterocycles. The van der Waals surface area contributed by atoms with Crippen molar-refractivity contribution < 1.29 is 17.9 Å². The maximum absolute atomic E-state index is 13.0. The second-order valence-electron chi connectivity index (χ2n) is 7.36. The lowest BCUT2D eigenvalue weighted by Crippen LogP contribution is -2.48. The molecule has 0 bridgehead atoms. The van der Waals surface area contributed by atoms with Crippen LogP contribution in [-0.4, -0.2) is 33.5 Å². The summed E-state index contributed by atoms with van der Waals surface area (Å²) in [5, 5.41) is 2.83. The number of rotatable bonds is 10. The highest BCUT2D eigenvalue weighted by Gasteiger charge is 2.26. The molecule has 2 rings (SSSR count). The Balaban J connectivity index is 2.25. The predicted molar refractivity (Wildman–Crippen MR) is 114 cm³/mol. The molecule has 0 saturated carbocycles. The molecule has 2 aromatic rings. The fourth-order valence-corrected chi connectivity index (χ4v) is 4.11. The SMILES string of the molecule is CCOc1ccc(S(=O)(=O)N[C@H](Cc2ccccc2)C(=O)NCC(C)C)cc1C. The van der Waals surface area contributed by atoms with E-state index in [0.717, 1.165) is 11.1 Å². The third-order valence-corrected chi connectivity index (χ3v) is 5.81. The summed E-state index contributed by atoms with van der Waals surface area (Å²) in [6, 6.07) is 13.1. The van der Waals surface area contributed by atoms with Crippen LogP contribution in [0.15, 0.2) is 53.4 Å². The molecule has 2 aromatic carbocycles. The Morgan fingerprint density at radius 3 is 2.38 bits per heavy atom. The summed E-state index contributed by atoms with van der Waals surface area (Å²) >= 11 is 0. The molecule has 0 unspecified atom stereocenters. The second-order valence-corrected chi connectivity index (χ2v) is 9.08. The Morgan fingerprint density at radius 1 is 1.10 bits per heavy atom. The van der Waals surface area contributed by atoms with Crippen molar-refractivity contribution in [2.24, 2.45) is 5.92 Å². The van der Waals surface area contributed by atoms with Gasteiger partial charge in [-0.15, -0.1) is 0 Å². The summed E-state index contributed by atoms with van der Waals surface area (Å²) < 4.78 is 34.0. The van der Waals surface area contributed by atoms with Gasteiger partial charge in [0.1, 0.15) is 11.8 Å². The molecule has 1 atom stereocenters. The highest BCUT2D eigenvalue weighted by atomic mass is 32.2. The van der Waals surface area contributed by atoms with Crippen LogP contribution in [0.4, 0.5) is 0 Å². The van der Waals surface area contributed by atoms with Crippen molar-refractivity contribution in [1.82, 2.24) is 10.0 Å². The minimum absolute atomic E-state index is 0.105. The third-order valence-electron chi connectivity index (χ3n) is 4.34. The molecule has 29 heavy (non-hydrogen) atoms. The van der Waals surface area contributed by atoms with Gasteiger partial charge in [-0.1, -0.05) is 44.2 Å². The number of carbonyl (C=O) groups is 1. The average Bonchev–Trinajstić information content (AvgIpc) is 2.68. The number of sulfonamides is 1. The first-order valence-corrected chi connectivity index (χ1v) is 11.3. The van der Waals surface area contributed by atoms with E-state index in [1.807, 2.05) is 51.1 Å². The zero-order chi connectivity index (χ0) is 21.4. The van der Waals surface area contributed by atoms with Gasteiger partial charge in [-0.25, -0.2) is 8.42 Å². The molecule has 0 aromatic heterocycles. The van der Waals surface area contributed by atoms with Gasteiger partial charge in [0, 0.05) is 6.54 Å².